The largest absolute Gasteiger partial charge is 0.398 e. The molecule has 0 saturated heterocycles. The molecule has 1 heterocycles. The topological polar surface area (TPSA) is 80.0 Å². The third kappa shape index (κ3) is 4.90. The number of rotatable bonds is 5. The molecule has 0 bridgehead atoms. The Bertz CT molecular complexity index is 1160. The monoisotopic (exact) mass is 391 g/mol. The smallest absolute Gasteiger partial charge is 0.146 e. The standard InChI is InChI=1S/C22H19F2N5/c1-27-14-19(22(26)16-5-7-17(23)8-6-16)20-9-10-21(25)29(28-20)12-11-15-3-2-4-18(24)13-15/h2-14,25H,26H2,1H3/b12-11+,22-19?,25-21?,27-14?. The van der Waals surface area contributed by atoms with Crippen LogP contribution in [0.1, 0.15) is 16.8 Å². The molecule has 7 heteroatoms. The predicted octanol–water partition coefficient (Wildman–Crippen LogP) is 3.80. The molecule has 3 rings (SSSR count). The van der Waals surface area contributed by atoms with Crippen LogP contribution in [0.25, 0.3) is 23.5 Å². The van der Waals surface area contributed by atoms with Gasteiger partial charge in [0.05, 0.1) is 5.69 Å². The highest BCUT2D eigenvalue weighted by Gasteiger charge is 2.10. The zero-order chi connectivity index (χ0) is 20.8. The molecule has 0 aliphatic rings. The summed E-state index contributed by atoms with van der Waals surface area (Å²) in [5.74, 6) is -0.703. The Kier molecular flexibility index (Phi) is 6.09. The first-order valence-electron chi connectivity index (χ1n) is 8.74. The molecule has 0 saturated carbocycles. The van der Waals surface area contributed by atoms with Gasteiger partial charge in [0.15, 0.2) is 0 Å². The van der Waals surface area contributed by atoms with Crippen LogP contribution in [-0.4, -0.2) is 23.0 Å². The van der Waals surface area contributed by atoms with Crippen LogP contribution < -0.4 is 11.2 Å². The van der Waals surface area contributed by atoms with E-state index in [1.807, 2.05) is 0 Å². The van der Waals surface area contributed by atoms with E-state index >= 15 is 0 Å². The van der Waals surface area contributed by atoms with Crippen molar-refractivity contribution in [3.05, 3.63) is 94.6 Å². The molecule has 0 atom stereocenters. The molecule has 0 amide bonds. The van der Waals surface area contributed by atoms with E-state index in [9.17, 15) is 8.78 Å². The summed E-state index contributed by atoms with van der Waals surface area (Å²) in [7, 11) is 1.61. The summed E-state index contributed by atoms with van der Waals surface area (Å²) in [5, 5.41) is 12.5. The van der Waals surface area contributed by atoms with Crippen molar-refractivity contribution in [2.75, 3.05) is 7.05 Å². The SMILES string of the molecule is CN=CC(=C(N)c1ccc(F)cc1)c1ccc(=N)n(/C=C/c2cccc(F)c2)n1. The van der Waals surface area contributed by atoms with Crippen LogP contribution in [0.5, 0.6) is 0 Å². The van der Waals surface area contributed by atoms with Crippen molar-refractivity contribution < 1.29 is 8.78 Å². The quantitative estimate of drug-likeness (QED) is 0.649. The number of benzene rings is 2. The van der Waals surface area contributed by atoms with Crippen molar-refractivity contribution >= 4 is 29.8 Å². The fourth-order valence-electron chi connectivity index (χ4n) is 2.65. The first-order valence-corrected chi connectivity index (χ1v) is 8.74. The summed E-state index contributed by atoms with van der Waals surface area (Å²) < 4.78 is 27.9. The number of hydrogen-bond acceptors (Lipinski definition) is 4. The van der Waals surface area contributed by atoms with Crippen LogP contribution in [0.15, 0.2) is 65.7 Å². The van der Waals surface area contributed by atoms with Crippen LogP contribution in [0, 0.1) is 17.0 Å². The minimum Gasteiger partial charge on any atom is -0.398 e. The van der Waals surface area contributed by atoms with Gasteiger partial charge in [-0.25, -0.2) is 13.5 Å². The zero-order valence-electron chi connectivity index (χ0n) is 15.7. The highest BCUT2D eigenvalue weighted by atomic mass is 19.1. The number of nitrogens with one attached hydrogen (secondary N) is 1. The minimum atomic E-state index is -0.357. The highest BCUT2D eigenvalue weighted by molar-refractivity contribution is 6.18. The molecule has 0 aliphatic heterocycles. The second-order valence-corrected chi connectivity index (χ2v) is 6.14. The summed E-state index contributed by atoms with van der Waals surface area (Å²) >= 11 is 0. The van der Waals surface area contributed by atoms with Crippen LogP contribution in [-0.2, 0) is 0 Å². The van der Waals surface area contributed by atoms with E-state index in [2.05, 4.69) is 10.1 Å². The fourth-order valence-corrected chi connectivity index (χ4v) is 2.65. The predicted molar refractivity (Wildman–Crippen MR) is 112 cm³/mol. The molecule has 0 radical (unpaired) electrons. The van der Waals surface area contributed by atoms with Gasteiger partial charge in [0.1, 0.15) is 17.1 Å². The van der Waals surface area contributed by atoms with Gasteiger partial charge in [-0.05, 0) is 65.7 Å². The molecule has 0 fully saturated rings. The van der Waals surface area contributed by atoms with E-state index in [1.54, 1.807) is 61.9 Å². The molecule has 3 aromatic rings. The summed E-state index contributed by atoms with van der Waals surface area (Å²) in [6, 6.07) is 15.1. The molecular formula is C22H19F2N5. The Morgan fingerprint density at radius 1 is 1.07 bits per heavy atom. The number of nitrogens with two attached hydrogens (primary N) is 1. The average molecular weight is 391 g/mol. The summed E-state index contributed by atoms with van der Waals surface area (Å²) in [6.07, 6.45) is 4.78. The number of aromatic nitrogens is 2. The van der Waals surface area contributed by atoms with Crippen LogP contribution in [0.3, 0.4) is 0 Å². The lowest BCUT2D eigenvalue weighted by atomic mass is 10.0. The number of halogens is 2. The summed E-state index contributed by atoms with van der Waals surface area (Å²) in [5.41, 5.74) is 9.08. The van der Waals surface area contributed by atoms with Crippen molar-refractivity contribution in [1.29, 1.82) is 5.41 Å². The first kappa shape index (κ1) is 19.9. The molecule has 29 heavy (non-hydrogen) atoms. The maximum atomic E-state index is 13.4. The lowest BCUT2D eigenvalue weighted by Gasteiger charge is -2.10. The van der Waals surface area contributed by atoms with Gasteiger partial charge in [-0.1, -0.05) is 12.1 Å². The van der Waals surface area contributed by atoms with E-state index in [1.165, 1.54) is 28.9 Å². The van der Waals surface area contributed by atoms with Gasteiger partial charge in [-0.15, -0.1) is 0 Å². The van der Waals surface area contributed by atoms with Gasteiger partial charge in [-0.3, -0.25) is 10.4 Å². The Labute approximate surface area is 166 Å². The number of nitrogens with zero attached hydrogens (tertiary/aromatic N) is 3. The third-order valence-electron chi connectivity index (χ3n) is 4.10. The minimum absolute atomic E-state index is 0.134. The summed E-state index contributed by atoms with van der Waals surface area (Å²) in [6.45, 7) is 0. The van der Waals surface area contributed by atoms with Crippen molar-refractivity contribution in [2.45, 2.75) is 0 Å². The maximum absolute atomic E-state index is 13.4. The molecular weight excluding hydrogens is 372 g/mol. The lowest BCUT2D eigenvalue weighted by Crippen LogP contribution is -2.19. The first-order chi connectivity index (χ1) is 14.0. The average Bonchev–Trinajstić information content (AvgIpc) is 2.72. The third-order valence-corrected chi connectivity index (χ3v) is 4.10. The Hall–Kier alpha value is -3.87. The molecule has 2 aromatic carbocycles. The highest BCUT2D eigenvalue weighted by Crippen LogP contribution is 2.20. The van der Waals surface area contributed by atoms with Crippen molar-refractivity contribution in [3.8, 4) is 0 Å². The lowest BCUT2D eigenvalue weighted by molar-refractivity contribution is 0.627. The van der Waals surface area contributed by atoms with Gasteiger partial charge in [0.25, 0.3) is 0 Å². The zero-order valence-corrected chi connectivity index (χ0v) is 15.7. The molecule has 3 N–H and O–H groups in total. The van der Waals surface area contributed by atoms with E-state index in [-0.39, 0.29) is 17.1 Å². The second kappa shape index (κ2) is 8.88. The molecule has 5 nitrogen and oxygen atoms in total. The fraction of sp³-hybridized carbons (Fsp3) is 0.0455. The normalized spacial score (nSPS) is 12.5. The van der Waals surface area contributed by atoms with Gasteiger partial charge in [-0.2, -0.15) is 5.10 Å². The second-order valence-electron chi connectivity index (χ2n) is 6.14. The van der Waals surface area contributed by atoms with Crippen molar-refractivity contribution in [2.24, 2.45) is 10.7 Å². The van der Waals surface area contributed by atoms with Crippen LogP contribution >= 0.6 is 0 Å². The molecule has 0 aliphatic carbocycles. The Morgan fingerprint density at radius 2 is 1.83 bits per heavy atom. The van der Waals surface area contributed by atoms with E-state index in [0.717, 1.165) is 0 Å². The van der Waals surface area contributed by atoms with Gasteiger partial charge >= 0.3 is 0 Å². The molecule has 0 unspecified atom stereocenters. The number of hydrogen-bond donors (Lipinski definition) is 2. The van der Waals surface area contributed by atoms with Crippen LogP contribution in [0.2, 0.25) is 0 Å². The maximum Gasteiger partial charge on any atom is 0.146 e. The molecule has 0 spiro atoms. The molecule has 1 aromatic heterocycles. The Balaban J connectivity index is 2.04. The van der Waals surface area contributed by atoms with Crippen LogP contribution in [0.4, 0.5) is 8.78 Å². The number of allylic oxidation sites excluding steroid dienone is 1. The van der Waals surface area contributed by atoms with E-state index in [0.29, 0.717) is 28.1 Å². The Morgan fingerprint density at radius 3 is 2.52 bits per heavy atom. The number of aliphatic imine (C=N–C) groups is 1. The van der Waals surface area contributed by atoms with Gasteiger partial charge in [0, 0.05) is 30.7 Å². The van der Waals surface area contributed by atoms with Gasteiger partial charge < -0.3 is 5.73 Å². The molecule has 146 valence electrons. The van der Waals surface area contributed by atoms with Crippen molar-refractivity contribution in [3.63, 3.8) is 0 Å². The summed E-state index contributed by atoms with van der Waals surface area (Å²) in [4.78, 5) is 4.04. The van der Waals surface area contributed by atoms with E-state index in [4.69, 9.17) is 11.1 Å². The van der Waals surface area contributed by atoms with E-state index < -0.39 is 0 Å². The van der Waals surface area contributed by atoms with Gasteiger partial charge in [0.2, 0.25) is 0 Å². The van der Waals surface area contributed by atoms with Crippen molar-refractivity contribution in [1.82, 2.24) is 9.78 Å².